The van der Waals surface area contributed by atoms with Crippen molar-refractivity contribution >= 4 is 52.0 Å². The van der Waals surface area contributed by atoms with Crippen molar-refractivity contribution in [3.63, 3.8) is 0 Å². The van der Waals surface area contributed by atoms with Crippen LogP contribution in [0.5, 0.6) is 0 Å². The number of aromatic nitrogens is 1. The second-order valence-electron chi connectivity index (χ2n) is 9.50. The predicted molar refractivity (Wildman–Crippen MR) is 143 cm³/mol. The first-order valence-corrected chi connectivity index (χ1v) is 13.4. The molecule has 1 saturated heterocycles. The molecule has 0 unspecified atom stereocenters. The molecule has 38 heavy (non-hydrogen) atoms. The van der Waals surface area contributed by atoms with Gasteiger partial charge in [-0.3, -0.25) is 19.1 Å². The van der Waals surface area contributed by atoms with Crippen LogP contribution in [0.4, 0.5) is 16.2 Å². The van der Waals surface area contributed by atoms with Crippen molar-refractivity contribution in [1.82, 2.24) is 9.88 Å². The van der Waals surface area contributed by atoms with Gasteiger partial charge in [-0.25, -0.2) is 9.59 Å². The van der Waals surface area contributed by atoms with E-state index in [9.17, 15) is 19.2 Å². The molecule has 4 heterocycles. The quantitative estimate of drug-likeness (QED) is 0.350. The minimum atomic E-state index is -0.795. The summed E-state index contributed by atoms with van der Waals surface area (Å²) in [5.74, 6) is -0.156. The number of fused-ring (bicyclic) bond motifs is 1. The molecule has 3 atom stereocenters. The Morgan fingerprint density at radius 2 is 2.05 bits per heavy atom. The molecule has 0 radical (unpaired) electrons. The van der Waals surface area contributed by atoms with Crippen LogP contribution in [0.3, 0.4) is 0 Å². The number of hydrogen-bond donors (Lipinski definition) is 2. The van der Waals surface area contributed by atoms with E-state index in [1.54, 1.807) is 17.0 Å². The number of carbonyl (C=O) groups excluding carboxylic acids is 3. The summed E-state index contributed by atoms with van der Waals surface area (Å²) >= 11 is 1.47. The maximum Gasteiger partial charge on any atom is 0.414 e. The lowest BCUT2D eigenvalue weighted by Gasteiger charge is -2.21. The average Bonchev–Trinajstić information content (AvgIpc) is 3.46. The summed E-state index contributed by atoms with van der Waals surface area (Å²) in [6, 6.07) is 13.4. The number of carbonyl (C=O) groups is 3. The first kappa shape index (κ1) is 24.5. The number of ether oxygens (including phenoxy) is 2. The highest BCUT2D eigenvalue weighted by molar-refractivity contribution is 8.00. The maximum atomic E-state index is 12.7. The standard InChI is InChI=1S/C27H26N4O6S/c1-36-26(34)25-23(18-6-2-4-15-7-10-22(33)31(25)24(15)18)28-11-3-5-17-13-30(27(35)37-17)16-8-9-20-19(12-16)29-21(32)14-38-20/h2,4,6-10,12,17,23,25,28H,3,5,11,13-14H2,1H3,(H,29,32)/t17-,23-,25-/m1/s1. The molecular weight excluding hydrogens is 508 g/mol. The van der Waals surface area contributed by atoms with Crippen molar-refractivity contribution in [2.75, 3.05) is 36.2 Å². The SMILES string of the molecule is COC(=O)[C@H]1[C@H](NCCC[C@@H]2CN(c3ccc4c(c3)NC(=O)CS4)C(=O)O2)c2cccc3ccc(=O)n1c23. The van der Waals surface area contributed by atoms with Gasteiger partial charge in [-0.05, 0) is 54.6 Å². The zero-order valence-electron chi connectivity index (χ0n) is 20.6. The second-order valence-corrected chi connectivity index (χ2v) is 10.5. The molecule has 2 N–H and O–H groups in total. The van der Waals surface area contributed by atoms with Gasteiger partial charge in [0.25, 0.3) is 5.56 Å². The van der Waals surface area contributed by atoms with Gasteiger partial charge in [-0.1, -0.05) is 18.2 Å². The van der Waals surface area contributed by atoms with Crippen LogP contribution in [0.15, 0.2) is 58.2 Å². The van der Waals surface area contributed by atoms with E-state index in [1.807, 2.05) is 30.3 Å². The van der Waals surface area contributed by atoms with Gasteiger partial charge in [-0.15, -0.1) is 11.8 Å². The third-order valence-electron chi connectivity index (χ3n) is 7.20. The van der Waals surface area contributed by atoms with Crippen LogP contribution in [0.1, 0.15) is 30.5 Å². The number of hydrogen-bond acceptors (Lipinski definition) is 8. The van der Waals surface area contributed by atoms with Crippen molar-refractivity contribution in [2.45, 2.75) is 35.9 Å². The lowest BCUT2D eigenvalue weighted by molar-refractivity contribution is -0.145. The number of cyclic esters (lactones) is 1. The Morgan fingerprint density at radius 3 is 2.89 bits per heavy atom. The number of para-hydroxylation sites is 1. The molecule has 1 fully saturated rings. The van der Waals surface area contributed by atoms with Crippen molar-refractivity contribution in [2.24, 2.45) is 0 Å². The molecule has 10 nitrogen and oxygen atoms in total. The largest absolute Gasteiger partial charge is 0.467 e. The van der Waals surface area contributed by atoms with Gasteiger partial charge in [0.1, 0.15) is 6.10 Å². The summed E-state index contributed by atoms with van der Waals surface area (Å²) in [5, 5.41) is 7.18. The Balaban J connectivity index is 1.10. The minimum Gasteiger partial charge on any atom is -0.467 e. The lowest BCUT2D eigenvalue weighted by atomic mass is 10.0. The molecule has 196 valence electrons. The van der Waals surface area contributed by atoms with Gasteiger partial charge in [0.15, 0.2) is 6.04 Å². The van der Waals surface area contributed by atoms with Crippen LogP contribution in [0, 0.1) is 0 Å². The Kier molecular flexibility index (Phi) is 6.32. The first-order valence-electron chi connectivity index (χ1n) is 12.4. The number of nitrogens with one attached hydrogen (secondary N) is 2. The van der Waals surface area contributed by atoms with Crippen LogP contribution in [-0.2, 0) is 19.1 Å². The topological polar surface area (TPSA) is 119 Å². The molecule has 0 saturated carbocycles. The summed E-state index contributed by atoms with van der Waals surface area (Å²) in [6.45, 7) is 0.959. The Morgan fingerprint density at radius 1 is 1.18 bits per heavy atom. The van der Waals surface area contributed by atoms with E-state index in [2.05, 4.69) is 10.6 Å². The fraction of sp³-hybridized carbons (Fsp3) is 0.333. The average molecular weight is 535 g/mol. The van der Waals surface area contributed by atoms with E-state index in [-0.39, 0.29) is 17.6 Å². The normalized spacial score (nSPS) is 21.8. The summed E-state index contributed by atoms with van der Waals surface area (Å²) < 4.78 is 12.2. The zero-order valence-corrected chi connectivity index (χ0v) is 21.5. The third-order valence-corrected chi connectivity index (χ3v) is 8.28. The fourth-order valence-corrected chi connectivity index (χ4v) is 6.27. The number of pyridine rings is 1. The monoisotopic (exact) mass is 534 g/mol. The molecule has 3 aliphatic rings. The van der Waals surface area contributed by atoms with Gasteiger partial charge in [0.05, 0.1) is 36.7 Å². The van der Waals surface area contributed by atoms with Crippen molar-refractivity contribution in [3.8, 4) is 0 Å². The lowest BCUT2D eigenvalue weighted by Crippen LogP contribution is -2.36. The molecule has 2 amide bonds. The van der Waals surface area contributed by atoms with Crippen LogP contribution in [-0.4, -0.2) is 54.6 Å². The fourth-order valence-electron chi connectivity index (χ4n) is 5.48. The predicted octanol–water partition coefficient (Wildman–Crippen LogP) is 3.21. The number of thioether (sulfide) groups is 1. The number of esters is 1. The zero-order chi connectivity index (χ0) is 26.4. The molecule has 1 aromatic heterocycles. The van der Waals surface area contributed by atoms with Crippen molar-refractivity contribution in [1.29, 1.82) is 0 Å². The number of benzene rings is 2. The van der Waals surface area contributed by atoms with Gasteiger partial charge in [0.2, 0.25) is 5.91 Å². The smallest absolute Gasteiger partial charge is 0.414 e. The molecule has 3 aromatic rings. The van der Waals surface area contributed by atoms with Gasteiger partial charge in [-0.2, -0.15) is 0 Å². The molecular formula is C27H26N4O6S. The van der Waals surface area contributed by atoms with E-state index in [0.29, 0.717) is 43.1 Å². The van der Waals surface area contributed by atoms with E-state index in [1.165, 1.54) is 29.5 Å². The highest BCUT2D eigenvalue weighted by Crippen LogP contribution is 2.40. The maximum absolute atomic E-state index is 12.7. The third kappa shape index (κ3) is 4.21. The van der Waals surface area contributed by atoms with Gasteiger partial charge in [0, 0.05) is 16.6 Å². The molecule has 3 aliphatic heterocycles. The molecule has 11 heteroatoms. The van der Waals surface area contributed by atoms with E-state index in [4.69, 9.17) is 9.47 Å². The highest BCUT2D eigenvalue weighted by atomic mass is 32.2. The Bertz CT molecular complexity index is 1520. The molecule has 6 rings (SSSR count). The van der Waals surface area contributed by atoms with Crippen LogP contribution < -0.4 is 21.1 Å². The van der Waals surface area contributed by atoms with E-state index in [0.717, 1.165) is 21.4 Å². The summed E-state index contributed by atoms with van der Waals surface area (Å²) in [5.41, 5.74) is 2.76. The molecule has 0 aliphatic carbocycles. The second kappa shape index (κ2) is 9.80. The van der Waals surface area contributed by atoms with Crippen LogP contribution >= 0.6 is 11.8 Å². The van der Waals surface area contributed by atoms with Crippen LogP contribution in [0.25, 0.3) is 10.9 Å². The summed E-state index contributed by atoms with van der Waals surface area (Å²) in [7, 11) is 1.32. The number of amides is 2. The van der Waals surface area contributed by atoms with Gasteiger partial charge >= 0.3 is 12.1 Å². The molecule has 0 bridgehead atoms. The summed E-state index contributed by atoms with van der Waals surface area (Å²) in [6.07, 6.45) is 0.613. The van der Waals surface area contributed by atoms with Crippen molar-refractivity contribution in [3.05, 3.63) is 64.4 Å². The number of rotatable bonds is 7. The van der Waals surface area contributed by atoms with Crippen molar-refractivity contribution < 1.29 is 23.9 Å². The Hall–Kier alpha value is -3.83. The number of nitrogens with zero attached hydrogens (tertiary/aromatic N) is 2. The Labute approximate surface area is 222 Å². The molecule has 2 aromatic carbocycles. The number of anilines is 2. The number of methoxy groups -OCH3 is 1. The summed E-state index contributed by atoms with van der Waals surface area (Å²) in [4.78, 5) is 52.3. The van der Waals surface area contributed by atoms with Gasteiger partial charge < -0.3 is 20.1 Å². The first-order chi connectivity index (χ1) is 18.4. The molecule has 0 spiro atoms. The van der Waals surface area contributed by atoms with E-state index < -0.39 is 24.1 Å². The highest BCUT2D eigenvalue weighted by Gasteiger charge is 2.40. The minimum absolute atomic E-state index is 0.0602. The van der Waals surface area contributed by atoms with Crippen LogP contribution in [0.2, 0.25) is 0 Å². The van der Waals surface area contributed by atoms with E-state index >= 15 is 0 Å².